The molecule has 3 fully saturated rings. The molecule has 0 bridgehead atoms. The van der Waals surface area contributed by atoms with Crippen molar-refractivity contribution >= 4 is 46.5 Å². The molecule has 0 spiro atoms. The molecule has 1 aromatic carbocycles. The topological polar surface area (TPSA) is 56.3 Å². The van der Waals surface area contributed by atoms with Crippen molar-refractivity contribution in [3.8, 4) is 0 Å². The van der Waals surface area contributed by atoms with Gasteiger partial charge in [0.25, 0.3) is 0 Å². The molecule has 3 aliphatic rings. The smallest absolute Gasteiger partial charge is 0.232 e. The van der Waals surface area contributed by atoms with Crippen molar-refractivity contribution in [2.45, 2.75) is 89.0 Å². The number of hydrogen-bond donors (Lipinski definition) is 2. The summed E-state index contributed by atoms with van der Waals surface area (Å²) in [6, 6.07) is 11.0. The van der Waals surface area contributed by atoms with Gasteiger partial charge in [-0.1, -0.05) is 43.0 Å². The summed E-state index contributed by atoms with van der Waals surface area (Å²) in [7, 11) is 0. The maximum Gasteiger partial charge on any atom is 0.232 e. The molecule has 5 rings (SSSR count). The van der Waals surface area contributed by atoms with Crippen LogP contribution in [0.2, 0.25) is 5.02 Å². The number of nitrogens with one attached hydrogen (secondary N) is 2. The second-order valence-corrected chi connectivity index (χ2v) is 12.0. The van der Waals surface area contributed by atoms with Gasteiger partial charge in [-0.2, -0.15) is 9.97 Å². The molecule has 2 N–H and O–H groups in total. The number of piperidine rings is 2. The lowest BCUT2D eigenvalue weighted by molar-refractivity contribution is 0.292. The average Bonchev–Trinajstić information content (AvgIpc) is 2.93. The van der Waals surface area contributed by atoms with E-state index >= 15 is 0 Å². The summed E-state index contributed by atoms with van der Waals surface area (Å²) >= 11 is 12.2. The van der Waals surface area contributed by atoms with E-state index in [0.717, 1.165) is 55.7 Å². The van der Waals surface area contributed by atoms with Crippen LogP contribution in [0.15, 0.2) is 30.3 Å². The molecule has 2 saturated heterocycles. The lowest BCUT2D eigenvalue weighted by atomic mass is 9.69. The average molecular weight is 541 g/mol. The zero-order chi connectivity index (χ0) is 25.7. The van der Waals surface area contributed by atoms with Gasteiger partial charge in [-0.05, 0) is 88.2 Å². The highest BCUT2D eigenvalue weighted by molar-refractivity contribution is 7.80. The normalized spacial score (nSPS) is 21.9. The lowest BCUT2D eigenvalue weighted by Gasteiger charge is -2.38. The van der Waals surface area contributed by atoms with E-state index in [1.54, 1.807) is 0 Å². The molecule has 0 amide bonds. The Morgan fingerprint density at radius 2 is 1.70 bits per heavy atom. The van der Waals surface area contributed by atoms with Crippen LogP contribution in [0.5, 0.6) is 0 Å². The maximum atomic E-state index is 6.38. The van der Waals surface area contributed by atoms with Crippen LogP contribution in [-0.2, 0) is 5.41 Å². The summed E-state index contributed by atoms with van der Waals surface area (Å²) in [6.45, 7) is 6.23. The number of halogens is 1. The Bertz CT molecular complexity index is 1070. The van der Waals surface area contributed by atoms with Gasteiger partial charge in [0.15, 0.2) is 5.11 Å². The monoisotopic (exact) mass is 540 g/mol. The second-order valence-electron chi connectivity index (χ2n) is 11.2. The summed E-state index contributed by atoms with van der Waals surface area (Å²) in [5.74, 6) is 2.61. The van der Waals surface area contributed by atoms with Crippen LogP contribution in [0, 0.1) is 0 Å². The van der Waals surface area contributed by atoms with Crippen LogP contribution >= 0.6 is 23.8 Å². The van der Waals surface area contributed by atoms with Gasteiger partial charge in [0.2, 0.25) is 5.95 Å². The molecule has 1 aliphatic carbocycles. The van der Waals surface area contributed by atoms with E-state index in [1.165, 1.54) is 63.4 Å². The van der Waals surface area contributed by atoms with Gasteiger partial charge in [0.05, 0.1) is 0 Å². The standard InChI is InChI=1S/C29H41ClN6S/c1-22-11-4-9-18-36(22)26-20-25(35-16-7-3-8-17-35)32-27(33-26)34-28(37)31-21-29(14-5-2-6-15-29)23-12-10-13-24(30)19-23/h10,12-13,19-20,22H,2-9,11,14-18,21H2,1H3,(H2,31,32,33,34,37)/t22-/m0/s1. The highest BCUT2D eigenvalue weighted by Crippen LogP contribution is 2.40. The first-order chi connectivity index (χ1) is 18.0. The van der Waals surface area contributed by atoms with Crippen molar-refractivity contribution in [2.75, 3.05) is 41.3 Å². The van der Waals surface area contributed by atoms with Gasteiger partial charge in [0.1, 0.15) is 11.6 Å². The molecular weight excluding hydrogens is 500 g/mol. The predicted octanol–water partition coefficient (Wildman–Crippen LogP) is 6.69. The van der Waals surface area contributed by atoms with E-state index < -0.39 is 0 Å². The molecule has 6 nitrogen and oxygen atoms in total. The Hall–Kier alpha value is -2.12. The van der Waals surface area contributed by atoms with E-state index in [4.69, 9.17) is 33.8 Å². The number of aromatic nitrogens is 2. The fourth-order valence-electron chi connectivity index (χ4n) is 6.36. The van der Waals surface area contributed by atoms with Crippen molar-refractivity contribution < 1.29 is 0 Å². The van der Waals surface area contributed by atoms with Crippen LogP contribution in [-0.4, -0.2) is 47.3 Å². The second kappa shape index (κ2) is 12.2. The number of anilines is 3. The lowest BCUT2D eigenvalue weighted by Crippen LogP contribution is -2.44. The number of thiocarbonyl (C=S) groups is 1. The van der Waals surface area contributed by atoms with Crippen LogP contribution in [0.1, 0.15) is 83.1 Å². The van der Waals surface area contributed by atoms with Crippen molar-refractivity contribution in [1.82, 2.24) is 15.3 Å². The van der Waals surface area contributed by atoms with Crippen LogP contribution in [0.4, 0.5) is 17.6 Å². The number of hydrogen-bond acceptors (Lipinski definition) is 5. The zero-order valence-electron chi connectivity index (χ0n) is 22.1. The van der Waals surface area contributed by atoms with Crippen molar-refractivity contribution in [1.29, 1.82) is 0 Å². The SMILES string of the molecule is C[C@H]1CCCCN1c1cc(N2CCCCC2)nc(NC(=S)NCC2(c3cccc(Cl)c3)CCCCC2)n1. The molecule has 0 radical (unpaired) electrons. The van der Waals surface area contributed by atoms with Crippen molar-refractivity contribution in [3.05, 3.63) is 40.9 Å². The van der Waals surface area contributed by atoms with E-state index in [0.29, 0.717) is 17.1 Å². The number of rotatable bonds is 6. The quantitative estimate of drug-likeness (QED) is 0.396. The number of nitrogens with zero attached hydrogens (tertiary/aromatic N) is 4. The first-order valence-corrected chi connectivity index (χ1v) is 15.0. The molecule has 1 aromatic heterocycles. The minimum Gasteiger partial charge on any atom is -0.361 e. The van der Waals surface area contributed by atoms with Gasteiger partial charge in [-0.3, -0.25) is 0 Å². The summed E-state index contributed by atoms with van der Waals surface area (Å²) in [5.41, 5.74) is 1.35. The maximum absolute atomic E-state index is 6.38. The molecule has 37 heavy (non-hydrogen) atoms. The van der Waals surface area contributed by atoms with Crippen molar-refractivity contribution in [2.24, 2.45) is 0 Å². The minimum atomic E-state index is 0.0415. The molecule has 1 atom stereocenters. The molecule has 8 heteroatoms. The van der Waals surface area contributed by atoms with Gasteiger partial charge in [0, 0.05) is 48.7 Å². The largest absolute Gasteiger partial charge is 0.361 e. The summed E-state index contributed by atoms with van der Waals surface area (Å²) in [4.78, 5) is 14.7. The van der Waals surface area contributed by atoms with Crippen molar-refractivity contribution in [3.63, 3.8) is 0 Å². The van der Waals surface area contributed by atoms with E-state index in [1.807, 2.05) is 6.07 Å². The Morgan fingerprint density at radius 1 is 0.973 bits per heavy atom. The van der Waals surface area contributed by atoms with Crippen LogP contribution in [0.3, 0.4) is 0 Å². The van der Waals surface area contributed by atoms with Crippen LogP contribution < -0.4 is 20.4 Å². The first kappa shape index (κ1) is 26.5. The highest BCUT2D eigenvalue weighted by atomic mass is 35.5. The molecule has 3 heterocycles. The molecule has 1 saturated carbocycles. The number of benzene rings is 1. The third-order valence-electron chi connectivity index (χ3n) is 8.54. The third-order valence-corrected chi connectivity index (χ3v) is 9.02. The van der Waals surface area contributed by atoms with Gasteiger partial charge < -0.3 is 20.4 Å². The van der Waals surface area contributed by atoms with Gasteiger partial charge in [-0.15, -0.1) is 0 Å². The molecule has 200 valence electrons. The fraction of sp³-hybridized carbons (Fsp3) is 0.621. The predicted molar refractivity (Wildman–Crippen MR) is 159 cm³/mol. The summed E-state index contributed by atoms with van der Waals surface area (Å²) in [6.07, 6.45) is 13.5. The Morgan fingerprint density at radius 3 is 2.46 bits per heavy atom. The third kappa shape index (κ3) is 6.48. The first-order valence-electron chi connectivity index (χ1n) is 14.2. The van der Waals surface area contributed by atoms with E-state index in [-0.39, 0.29) is 5.41 Å². The van der Waals surface area contributed by atoms with E-state index in [2.05, 4.69) is 51.6 Å². The fourth-order valence-corrected chi connectivity index (χ4v) is 6.71. The Labute approximate surface area is 232 Å². The van der Waals surface area contributed by atoms with Gasteiger partial charge >= 0.3 is 0 Å². The summed E-state index contributed by atoms with van der Waals surface area (Å²) in [5, 5.41) is 8.27. The van der Waals surface area contributed by atoms with Crippen LogP contribution in [0.25, 0.3) is 0 Å². The Balaban J connectivity index is 1.33. The highest BCUT2D eigenvalue weighted by Gasteiger charge is 2.34. The van der Waals surface area contributed by atoms with E-state index in [9.17, 15) is 0 Å². The zero-order valence-corrected chi connectivity index (χ0v) is 23.7. The Kier molecular flexibility index (Phi) is 8.71. The molecular formula is C29H41ClN6S. The van der Waals surface area contributed by atoms with Gasteiger partial charge in [-0.25, -0.2) is 0 Å². The summed E-state index contributed by atoms with van der Waals surface area (Å²) < 4.78 is 0. The molecule has 0 unspecified atom stereocenters. The minimum absolute atomic E-state index is 0.0415. The molecule has 2 aromatic rings. The molecule has 2 aliphatic heterocycles.